The van der Waals surface area contributed by atoms with E-state index in [0.717, 1.165) is 42.2 Å². The SMILES string of the molecule is Cc1c(-c2nc(C(=O)O)c(CC3CCCCC3)o2)oc2cccc(OCCCN(Cc3cccnc3)C(=O)OC(C)(C)C)c12. The number of carboxylic acid groups (broad SMARTS) is 1. The smallest absolute Gasteiger partial charge is 0.410 e. The largest absolute Gasteiger partial charge is 0.493 e. The van der Waals surface area contributed by atoms with E-state index in [1.54, 1.807) is 17.3 Å². The molecule has 4 aromatic rings. The van der Waals surface area contributed by atoms with E-state index in [-0.39, 0.29) is 11.6 Å². The molecular weight excluding hydrogens is 562 g/mol. The Morgan fingerprint density at radius 3 is 2.59 bits per heavy atom. The maximum atomic E-state index is 12.9. The molecule has 3 heterocycles. The number of ether oxygens (including phenoxy) is 2. The van der Waals surface area contributed by atoms with Gasteiger partial charge in [-0.05, 0) is 63.8 Å². The van der Waals surface area contributed by atoms with E-state index in [0.29, 0.717) is 61.3 Å². The molecule has 0 unspecified atom stereocenters. The monoisotopic (exact) mass is 603 g/mol. The number of hydrogen-bond acceptors (Lipinski definition) is 8. The Morgan fingerprint density at radius 2 is 1.89 bits per heavy atom. The van der Waals surface area contributed by atoms with E-state index in [4.69, 9.17) is 18.3 Å². The molecule has 44 heavy (non-hydrogen) atoms. The first kappa shape index (κ1) is 31.1. The van der Waals surface area contributed by atoms with Gasteiger partial charge in [0, 0.05) is 30.9 Å². The molecule has 1 aliphatic carbocycles. The number of aryl methyl sites for hydroxylation is 1. The van der Waals surface area contributed by atoms with Crippen molar-refractivity contribution in [2.24, 2.45) is 5.92 Å². The standard InChI is InChI=1S/C34H41N3O7/c1-22-28-25(41-18-10-17-37(33(40)44-34(2,3)4)21-24-13-9-16-35-20-24)14-8-15-26(28)42-30(22)31-36-29(32(38)39)27(43-31)19-23-11-6-5-7-12-23/h8-9,13-16,20,23H,5-7,10-12,17-19,21H2,1-4H3,(H,38,39). The third-order valence-electron chi connectivity index (χ3n) is 7.79. The van der Waals surface area contributed by atoms with Crippen LogP contribution in [0.25, 0.3) is 22.6 Å². The molecule has 1 saturated carbocycles. The fourth-order valence-corrected chi connectivity index (χ4v) is 5.71. The highest BCUT2D eigenvalue weighted by Gasteiger charge is 2.28. The lowest BCUT2D eigenvalue weighted by Crippen LogP contribution is -2.37. The van der Waals surface area contributed by atoms with Gasteiger partial charge in [0.25, 0.3) is 5.89 Å². The average molecular weight is 604 g/mol. The van der Waals surface area contributed by atoms with Crippen molar-refractivity contribution in [2.45, 2.75) is 84.8 Å². The van der Waals surface area contributed by atoms with Gasteiger partial charge in [-0.15, -0.1) is 0 Å². The minimum Gasteiger partial charge on any atom is -0.493 e. The predicted octanol–water partition coefficient (Wildman–Crippen LogP) is 7.82. The van der Waals surface area contributed by atoms with Crippen molar-refractivity contribution in [2.75, 3.05) is 13.2 Å². The minimum atomic E-state index is -1.10. The number of fused-ring (bicyclic) bond motifs is 1. The lowest BCUT2D eigenvalue weighted by molar-refractivity contribution is 0.0225. The van der Waals surface area contributed by atoms with E-state index in [1.807, 2.05) is 58.0 Å². The number of carbonyl (C=O) groups is 2. The Morgan fingerprint density at radius 1 is 1.09 bits per heavy atom. The lowest BCUT2D eigenvalue weighted by Gasteiger charge is -2.27. The Kier molecular flexibility index (Phi) is 9.56. The first-order chi connectivity index (χ1) is 21.1. The molecule has 0 spiro atoms. The lowest BCUT2D eigenvalue weighted by atomic mass is 9.86. The summed E-state index contributed by atoms with van der Waals surface area (Å²) >= 11 is 0. The summed E-state index contributed by atoms with van der Waals surface area (Å²) in [7, 11) is 0. The number of benzene rings is 1. The first-order valence-corrected chi connectivity index (χ1v) is 15.3. The molecule has 10 heteroatoms. The molecule has 3 aromatic heterocycles. The van der Waals surface area contributed by atoms with E-state index in [1.165, 1.54) is 6.42 Å². The molecule has 1 N–H and O–H groups in total. The molecule has 5 rings (SSSR count). The number of oxazole rings is 1. The number of rotatable bonds is 11. The van der Waals surface area contributed by atoms with Crippen molar-refractivity contribution in [3.05, 3.63) is 65.3 Å². The summed E-state index contributed by atoms with van der Waals surface area (Å²) < 4.78 is 24.1. The number of carbonyl (C=O) groups excluding carboxylic acids is 1. The number of aromatic nitrogens is 2. The summed E-state index contributed by atoms with van der Waals surface area (Å²) in [6.45, 7) is 8.56. The number of nitrogens with zero attached hydrogens (tertiary/aromatic N) is 3. The molecule has 1 amide bonds. The molecule has 1 fully saturated rings. The Hall–Kier alpha value is -4.34. The van der Waals surface area contributed by atoms with Crippen LogP contribution in [0.1, 0.15) is 86.7 Å². The third-order valence-corrected chi connectivity index (χ3v) is 7.79. The summed E-state index contributed by atoms with van der Waals surface area (Å²) in [5.74, 6) is 0.870. The fraction of sp³-hybridized carbons (Fsp3) is 0.471. The van der Waals surface area contributed by atoms with Crippen LogP contribution >= 0.6 is 0 Å². The maximum absolute atomic E-state index is 12.9. The topological polar surface area (TPSA) is 128 Å². The number of aromatic carboxylic acids is 1. The number of furan rings is 1. The van der Waals surface area contributed by atoms with Crippen LogP contribution in [0.3, 0.4) is 0 Å². The Bertz CT molecular complexity index is 1580. The van der Waals surface area contributed by atoms with Crippen LogP contribution in [-0.4, -0.2) is 50.8 Å². The number of hydrogen-bond donors (Lipinski definition) is 1. The second kappa shape index (κ2) is 13.5. The van der Waals surface area contributed by atoms with E-state index in [2.05, 4.69) is 9.97 Å². The zero-order valence-corrected chi connectivity index (χ0v) is 25.9. The molecular formula is C34H41N3O7. The Labute approximate surface area is 257 Å². The van der Waals surface area contributed by atoms with E-state index in [9.17, 15) is 14.7 Å². The number of pyridine rings is 1. The van der Waals surface area contributed by atoms with Crippen molar-refractivity contribution >= 4 is 23.0 Å². The zero-order chi connectivity index (χ0) is 31.3. The molecule has 10 nitrogen and oxygen atoms in total. The summed E-state index contributed by atoms with van der Waals surface area (Å²) in [6.07, 6.45) is 9.83. The van der Waals surface area contributed by atoms with Crippen LogP contribution in [0.2, 0.25) is 0 Å². The third kappa shape index (κ3) is 7.59. The quantitative estimate of drug-likeness (QED) is 0.171. The fourth-order valence-electron chi connectivity index (χ4n) is 5.71. The molecule has 0 atom stereocenters. The molecule has 0 bridgehead atoms. The highest BCUT2D eigenvalue weighted by Crippen LogP contribution is 2.39. The second-order valence-corrected chi connectivity index (χ2v) is 12.5. The highest BCUT2D eigenvalue weighted by molar-refractivity contribution is 5.92. The van der Waals surface area contributed by atoms with Gasteiger partial charge in [0.15, 0.2) is 11.5 Å². The molecule has 1 aromatic carbocycles. The second-order valence-electron chi connectivity index (χ2n) is 12.5. The number of amides is 1. The minimum absolute atomic E-state index is 0.0530. The zero-order valence-electron chi connectivity index (χ0n) is 25.9. The molecule has 1 aliphatic rings. The number of carboxylic acids is 1. The van der Waals surface area contributed by atoms with Gasteiger partial charge in [-0.1, -0.05) is 44.2 Å². The van der Waals surface area contributed by atoms with Crippen molar-refractivity contribution in [3.63, 3.8) is 0 Å². The van der Waals surface area contributed by atoms with Gasteiger partial charge in [-0.2, -0.15) is 4.98 Å². The molecule has 234 valence electrons. The summed E-state index contributed by atoms with van der Waals surface area (Å²) in [4.78, 5) is 35.1. The van der Waals surface area contributed by atoms with Gasteiger partial charge in [-0.25, -0.2) is 9.59 Å². The van der Waals surface area contributed by atoms with Gasteiger partial charge in [0.2, 0.25) is 0 Å². The summed E-state index contributed by atoms with van der Waals surface area (Å²) in [6, 6.07) is 9.30. The molecule has 0 radical (unpaired) electrons. The molecule has 0 aliphatic heterocycles. The van der Waals surface area contributed by atoms with Gasteiger partial charge in [0.05, 0.1) is 18.5 Å². The van der Waals surface area contributed by atoms with Gasteiger partial charge < -0.3 is 28.3 Å². The van der Waals surface area contributed by atoms with Crippen LogP contribution in [-0.2, 0) is 17.7 Å². The van der Waals surface area contributed by atoms with Crippen molar-refractivity contribution in [3.8, 4) is 17.4 Å². The summed E-state index contributed by atoms with van der Waals surface area (Å²) in [5, 5.41) is 10.6. The van der Waals surface area contributed by atoms with E-state index < -0.39 is 17.7 Å². The van der Waals surface area contributed by atoms with Gasteiger partial charge in [0.1, 0.15) is 22.7 Å². The normalized spacial score (nSPS) is 14.1. The van der Waals surface area contributed by atoms with Crippen molar-refractivity contribution in [1.82, 2.24) is 14.9 Å². The van der Waals surface area contributed by atoms with Crippen LogP contribution in [0, 0.1) is 12.8 Å². The average Bonchev–Trinajstić information content (AvgIpc) is 3.56. The Balaban J connectivity index is 1.30. The van der Waals surface area contributed by atoms with Crippen LogP contribution < -0.4 is 4.74 Å². The van der Waals surface area contributed by atoms with Crippen LogP contribution in [0.4, 0.5) is 4.79 Å². The van der Waals surface area contributed by atoms with Crippen molar-refractivity contribution < 1.29 is 33.0 Å². The first-order valence-electron chi connectivity index (χ1n) is 15.3. The maximum Gasteiger partial charge on any atom is 0.410 e. The predicted molar refractivity (Wildman–Crippen MR) is 165 cm³/mol. The van der Waals surface area contributed by atoms with Gasteiger partial charge >= 0.3 is 12.1 Å². The van der Waals surface area contributed by atoms with Crippen LogP contribution in [0.5, 0.6) is 5.75 Å². The highest BCUT2D eigenvalue weighted by atomic mass is 16.6. The van der Waals surface area contributed by atoms with Crippen molar-refractivity contribution in [1.29, 1.82) is 0 Å². The van der Waals surface area contributed by atoms with E-state index >= 15 is 0 Å². The van der Waals surface area contributed by atoms with Gasteiger partial charge in [-0.3, -0.25) is 4.98 Å². The summed E-state index contributed by atoms with van der Waals surface area (Å²) in [5.41, 5.74) is 1.58. The molecule has 0 saturated heterocycles. The van der Waals surface area contributed by atoms with Crippen LogP contribution in [0.15, 0.2) is 51.6 Å².